The second-order valence-electron chi connectivity index (χ2n) is 9.33. The van der Waals surface area contributed by atoms with E-state index >= 15 is 0 Å². The number of hydrogen-bond donors (Lipinski definition) is 1. The smallest absolute Gasteiger partial charge is 0.271 e. The molecule has 1 aliphatic rings. The van der Waals surface area contributed by atoms with Crippen molar-refractivity contribution in [3.63, 3.8) is 0 Å². The van der Waals surface area contributed by atoms with Crippen LogP contribution in [0.1, 0.15) is 21.9 Å². The number of nitrogens with zero attached hydrogens (tertiary/aromatic N) is 5. The van der Waals surface area contributed by atoms with Crippen LogP contribution in [0, 0.1) is 5.82 Å². The second-order valence-corrected chi connectivity index (χ2v) is 9.33. The monoisotopic (exact) mass is 494 g/mol. The third-order valence-electron chi connectivity index (χ3n) is 6.89. The number of aromatic nitrogens is 4. The Morgan fingerprint density at radius 1 is 0.865 bits per heavy atom. The molecule has 1 saturated heterocycles. The molecule has 0 aliphatic carbocycles. The molecule has 186 valence electrons. The number of carbonyl (C=O) groups is 1. The zero-order valence-corrected chi connectivity index (χ0v) is 20.3. The number of amides is 1. The van der Waals surface area contributed by atoms with Crippen LogP contribution in [0.2, 0.25) is 0 Å². The van der Waals surface area contributed by atoms with E-state index in [1.807, 2.05) is 17.0 Å². The van der Waals surface area contributed by atoms with Crippen LogP contribution in [0.4, 0.5) is 4.39 Å². The highest BCUT2D eigenvalue weighted by Crippen LogP contribution is 2.21. The lowest BCUT2D eigenvalue weighted by atomic mass is 10.1. The average Bonchev–Trinajstić information content (AvgIpc) is 3.56. The highest BCUT2D eigenvalue weighted by atomic mass is 19.1. The maximum atomic E-state index is 13.2. The van der Waals surface area contributed by atoms with Crippen molar-refractivity contribution in [3.05, 3.63) is 108 Å². The normalized spacial score (nSPS) is 14.4. The summed E-state index contributed by atoms with van der Waals surface area (Å²) < 4.78 is 15.5. The number of hydrogen-bond acceptors (Lipinski definition) is 4. The molecular formula is C29H27FN6O. The molecule has 3 aromatic carbocycles. The van der Waals surface area contributed by atoms with Crippen molar-refractivity contribution in [1.29, 1.82) is 0 Å². The SMILES string of the molecule is O=C(c1cc(-c2ccc(F)cc2)n[nH]1)N1CCN(Cc2nc3ccccc3n2Cc2ccccc2)CC1. The first kappa shape index (κ1) is 23.1. The number of aromatic amines is 1. The Balaban J connectivity index is 1.13. The number of rotatable bonds is 6. The molecule has 0 spiro atoms. The molecule has 5 aromatic rings. The predicted octanol–water partition coefficient (Wildman–Crippen LogP) is 4.57. The maximum Gasteiger partial charge on any atom is 0.271 e. The average molecular weight is 495 g/mol. The molecule has 0 atom stereocenters. The number of halogens is 1. The number of imidazole rings is 1. The lowest BCUT2D eigenvalue weighted by Gasteiger charge is -2.34. The van der Waals surface area contributed by atoms with Crippen molar-refractivity contribution < 1.29 is 9.18 Å². The van der Waals surface area contributed by atoms with Crippen molar-refractivity contribution in [3.8, 4) is 11.3 Å². The summed E-state index contributed by atoms with van der Waals surface area (Å²) in [6, 6.07) is 26.5. The molecule has 3 heterocycles. The molecule has 2 aromatic heterocycles. The van der Waals surface area contributed by atoms with Gasteiger partial charge in [0.2, 0.25) is 0 Å². The summed E-state index contributed by atoms with van der Waals surface area (Å²) in [7, 11) is 0. The maximum absolute atomic E-state index is 13.2. The molecule has 7 nitrogen and oxygen atoms in total. The number of benzene rings is 3. The third-order valence-corrected chi connectivity index (χ3v) is 6.89. The van der Waals surface area contributed by atoms with Gasteiger partial charge in [-0.3, -0.25) is 14.8 Å². The van der Waals surface area contributed by atoms with Crippen molar-refractivity contribution >= 4 is 16.9 Å². The van der Waals surface area contributed by atoms with Crippen LogP contribution in [-0.2, 0) is 13.1 Å². The molecule has 0 saturated carbocycles. The van der Waals surface area contributed by atoms with E-state index in [2.05, 4.69) is 62.1 Å². The van der Waals surface area contributed by atoms with Gasteiger partial charge < -0.3 is 9.47 Å². The van der Waals surface area contributed by atoms with E-state index in [1.165, 1.54) is 17.7 Å². The molecule has 0 radical (unpaired) electrons. The highest BCUT2D eigenvalue weighted by molar-refractivity contribution is 5.93. The molecule has 37 heavy (non-hydrogen) atoms. The summed E-state index contributed by atoms with van der Waals surface area (Å²) in [4.78, 5) is 22.2. The third kappa shape index (κ3) is 4.88. The van der Waals surface area contributed by atoms with E-state index in [-0.39, 0.29) is 11.7 Å². The van der Waals surface area contributed by atoms with Gasteiger partial charge in [-0.25, -0.2) is 9.37 Å². The molecule has 8 heteroatoms. The fourth-order valence-electron chi connectivity index (χ4n) is 4.87. The summed E-state index contributed by atoms with van der Waals surface area (Å²) in [5.41, 5.74) is 5.20. The number of H-pyrrole nitrogens is 1. The quantitative estimate of drug-likeness (QED) is 0.375. The summed E-state index contributed by atoms with van der Waals surface area (Å²) >= 11 is 0. The van der Waals surface area contributed by atoms with Gasteiger partial charge in [-0.2, -0.15) is 5.10 Å². The van der Waals surface area contributed by atoms with Gasteiger partial charge in [0.25, 0.3) is 5.91 Å². The van der Waals surface area contributed by atoms with Gasteiger partial charge in [0.15, 0.2) is 0 Å². The summed E-state index contributed by atoms with van der Waals surface area (Å²) in [5.74, 6) is 0.656. The number of fused-ring (bicyclic) bond motifs is 1. The van der Waals surface area contributed by atoms with Crippen LogP contribution >= 0.6 is 0 Å². The van der Waals surface area contributed by atoms with Crippen LogP contribution in [0.5, 0.6) is 0 Å². The van der Waals surface area contributed by atoms with Crippen molar-refractivity contribution in [2.24, 2.45) is 0 Å². The summed E-state index contributed by atoms with van der Waals surface area (Å²) in [5, 5.41) is 7.10. The Kier molecular flexibility index (Phi) is 6.24. The highest BCUT2D eigenvalue weighted by Gasteiger charge is 2.25. The molecular weight excluding hydrogens is 467 g/mol. The van der Waals surface area contributed by atoms with Gasteiger partial charge in [0, 0.05) is 38.3 Å². The molecule has 1 fully saturated rings. The Morgan fingerprint density at radius 3 is 2.38 bits per heavy atom. The Morgan fingerprint density at radius 2 is 1.59 bits per heavy atom. The molecule has 0 bridgehead atoms. The molecule has 1 N–H and O–H groups in total. The van der Waals surface area contributed by atoms with E-state index in [0.717, 1.165) is 48.6 Å². The van der Waals surface area contributed by atoms with Crippen LogP contribution in [0.25, 0.3) is 22.3 Å². The number of piperazine rings is 1. The standard InChI is InChI=1S/C29H27FN6O/c30-23-12-10-22(11-13-23)25-18-26(33-32-25)29(37)35-16-14-34(15-17-35)20-28-31-24-8-4-5-9-27(24)36(28)19-21-6-2-1-3-7-21/h1-13,18H,14-17,19-20H2,(H,32,33). The van der Waals surface area contributed by atoms with Crippen LogP contribution in [0.3, 0.4) is 0 Å². The van der Waals surface area contributed by atoms with Crippen molar-refractivity contribution in [1.82, 2.24) is 29.5 Å². The van der Waals surface area contributed by atoms with E-state index in [0.29, 0.717) is 24.5 Å². The number of nitrogens with one attached hydrogen (secondary N) is 1. The summed E-state index contributed by atoms with van der Waals surface area (Å²) in [6.07, 6.45) is 0. The van der Waals surface area contributed by atoms with E-state index in [1.54, 1.807) is 18.2 Å². The van der Waals surface area contributed by atoms with Crippen molar-refractivity contribution in [2.75, 3.05) is 26.2 Å². The van der Waals surface area contributed by atoms with Gasteiger partial charge in [0.05, 0.1) is 23.3 Å². The van der Waals surface area contributed by atoms with Gasteiger partial charge >= 0.3 is 0 Å². The first-order valence-corrected chi connectivity index (χ1v) is 12.4. The van der Waals surface area contributed by atoms with E-state index in [4.69, 9.17) is 4.98 Å². The minimum absolute atomic E-state index is 0.0724. The minimum Gasteiger partial charge on any atom is -0.335 e. The molecule has 0 unspecified atom stereocenters. The van der Waals surface area contributed by atoms with Crippen LogP contribution < -0.4 is 0 Å². The lowest BCUT2D eigenvalue weighted by Crippen LogP contribution is -2.48. The van der Waals surface area contributed by atoms with E-state index < -0.39 is 0 Å². The second kappa shape index (κ2) is 9.99. The van der Waals surface area contributed by atoms with Gasteiger partial charge in [-0.15, -0.1) is 0 Å². The number of carbonyl (C=O) groups excluding carboxylic acids is 1. The van der Waals surface area contributed by atoms with Crippen molar-refractivity contribution in [2.45, 2.75) is 13.1 Å². The zero-order chi connectivity index (χ0) is 25.2. The Bertz CT molecular complexity index is 1520. The van der Waals surface area contributed by atoms with E-state index in [9.17, 15) is 9.18 Å². The Labute approximate surface area is 214 Å². The van der Waals surface area contributed by atoms with Crippen LogP contribution in [-0.4, -0.2) is 61.6 Å². The fourth-order valence-corrected chi connectivity index (χ4v) is 4.87. The topological polar surface area (TPSA) is 70.1 Å². The largest absolute Gasteiger partial charge is 0.335 e. The first-order chi connectivity index (χ1) is 18.1. The van der Waals surface area contributed by atoms with Crippen LogP contribution in [0.15, 0.2) is 84.9 Å². The molecule has 1 amide bonds. The summed E-state index contributed by atoms with van der Waals surface area (Å²) in [6.45, 7) is 4.28. The lowest BCUT2D eigenvalue weighted by molar-refractivity contribution is 0.0618. The molecule has 6 rings (SSSR count). The zero-order valence-electron chi connectivity index (χ0n) is 20.3. The van der Waals surface area contributed by atoms with Gasteiger partial charge in [-0.1, -0.05) is 42.5 Å². The van der Waals surface area contributed by atoms with Gasteiger partial charge in [0.1, 0.15) is 17.3 Å². The number of para-hydroxylation sites is 2. The first-order valence-electron chi connectivity index (χ1n) is 12.4. The fraction of sp³-hybridized carbons (Fsp3) is 0.207. The van der Waals surface area contributed by atoms with Gasteiger partial charge in [-0.05, 0) is 48.0 Å². The molecule has 1 aliphatic heterocycles. The Hall–Kier alpha value is -4.30. The minimum atomic E-state index is -0.302. The predicted molar refractivity (Wildman–Crippen MR) is 140 cm³/mol.